The van der Waals surface area contributed by atoms with Gasteiger partial charge in [-0.2, -0.15) is 0 Å². The van der Waals surface area contributed by atoms with E-state index in [9.17, 15) is 19.7 Å². The molecule has 1 N–H and O–H groups in total. The molecule has 0 bridgehead atoms. The summed E-state index contributed by atoms with van der Waals surface area (Å²) in [6.45, 7) is 1.61. The average Bonchev–Trinajstić information content (AvgIpc) is 2.66. The number of nitro benzene ring substituents is 1. The van der Waals surface area contributed by atoms with Crippen molar-refractivity contribution in [3.63, 3.8) is 0 Å². The van der Waals surface area contributed by atoms with Crippen LogP contribution in [-0.4, -0.2) is 31.0 Å². The number of benzene rings is 2. The number of para-hydroxylation sites is 1. The van der Waals surface area contributed by atoms with Crippen LogP contribution < -0.4 is 10.1 Å². The second-order valence-electron chi connectivity index (χ2n) is 5.44. The molecule has 0 aromatic heterocycles. The van der Waals surface area contributed by atoms with Crippen LogP contribution in [-0.2, 0) is 9.53 Å². The summed E-state index contributed by atoms with van der Waals surface area (Å²) >= 11 is 0. The second-order valence-corrected chi connectivity index (χ2v) is 5.44. The summed E-state index contributed by atoms with van der Waals surface area (Å²) in [6, 6.07) is 10.8. The number of nitro groups is 1. The zero-order valence-electron chi connectivity index (χ0n) is 14.5. The van der Waals surface area contributed by atoms with Gasteiger partial charge in [0.05, 0.1) is 36.3 Å². The number of anilines is 1. The lowest BCUT2D eigenvalue weighted by molar-refractivity contribution is -0.385. The van der Waals surface area contributed by atoms with Crippen molar-refractivity contribution in [1.29, 1.82) is 0 Å². The van der Waals surface area contributed by atoms with Gasteiger partial charge < -0.3 is 14.8 Å². The molecule has 0 aliphatic heterocycles. The van der Waals surface area contributed by atoms with Gasteiger partial charge in [0.1, 0.15) is 0 Å². The Balaban J connectivity index is 2.27. The van der Waals surface area contributed by atoms with Crippen molar-refractivity contribution in [2.75, 3.05) is 19.5 Å². The van der Waals surface area contributed by atoms with Crippen LogP contribution in [0.25, 0.3) is 0 Å². The van der Waals surface area contributed by atoms with E-state index in [4.69, 9.17) is 9.47 Å². The second kappa shape index (κ2) is 8.11. The molecular weight excluding hydrogens is 340 g/mol. The van der Waals surface area contributed by atoms with Crippen molar-refractivity contribution in [3.05, 3.63) is 63.7 Å². The van der Waals surface area contributed by atoms with Crippen molar-refractivity contribution in [2.45, 2.75) is 12.8 Å². The van der Waals surface area contributed by atoms with Gasteiger partial charge in [0.25, 0.3) is 0 Å². The monoisotopic (exact) mass is 358 g/mol. The minimum atomic E-state index is -0.690. The van der Waals surface area contributed by atoms with Crippen LogP contribution in [0.5, 0.6) is 5.75 Å². The summed E-state index contributed by atoms with van der Waals surface area (Å²) in [6.07, 6.45) is 0. The lowest BCUT2D eigenvalue weighted by Crippen LogP contribution is -2.20. The number of ether oxygens (including phenoxy) is 2. The lowest BCUT2D eigenvalue weighted by Gasteiger charge is -2.15. The highest BCUT2D eigenvalue weighted by atomic mass is 16.6. The average molecular weight is 358 g/mol. The Morgan fingerprint density at radius 3 is 2.46 bits per heavy atom. The molecule has 0 radical (unpaired) electrons. The fraction of sp³-hybridized carbons (Fsp3) is 0.222. The maximum Gasteiger partial charge on any atom is 0.339 e. The number of carbonyl (C=O) groups is 2. The molecule has 0 aliphatic carbocycles. The van der Waals surface area contributed by atoms with Crippen molar-refractivity contribution in [1.82, 2.24) is 0 Å². The van der Waals surface area contributed by atoms with Gasteiger partial charge in [0, 0.05) is 6.07 Å². The summed E-state index contributed by atoms with van der Waals surface area (Å²) in [5.41, 5.74) is 0.751. The minimum absolute atomic E-state index is 0.113. The van der Waals surface area contributed by atoms with E-state index >= 15 is 0 Å². The summed E-state index contributed by atoms with van der Waals surface area (Å²) in [5.74, 6) is -1.57. The van der Waals surface area contributed by atoms with Crippen molar-refractivity contribution in [2.24, 2.45) is 0 Å². The van der Waals surface area contributed by atoms with Gasteiger partial charge >= 0.3 is 11.7 Å². The van der Waals surface area contributed by atoms with Crippen LogP contribution >= 0.6 is 0 Å². The SMILES string of the molecule is COC(=O)c1ccccc1NC(=O)C(C)c1ccc(OC)c([N+](=O)[O-])c1. The van der Waals surface area contributed by atoms with E-state index < -0.39 is 22.7 Å². The summed E-state index contributed by atoms with van der Waals surface area (Å²) in [7, 11) is 2.59. The highest BCUT2D eigenvalue weighted by molar-refractivity contribution is 6.03. The Morgan fingerprint density at radius 2 is 1.85 bits per heavy atom. The number of carbonyl (C=O) groups excluding carboxylic acids is 2. The lowest BCUT2D eigenvalue weighted by atomic mass is 9.99. The molecule has 136 valence electrons. The van der Waals surface area contributed by atoms with Crippen LogP contribution in [0, 0.1) is 10.1 Å². The standard InChI is InChI=1S/C18H18N2O6/c1-11(12-8-9-16(25-2)15(10-12)20(23)24)17(21)19-14-7-5-4-6-13(14)18(22)26-3/h4-11H,1-3H3,(H,19,21). The zero-order valence-corrected chi connectivity index (χ0v) is 14.5. The van der Waals surface area contributed by atoms with Crippen molar-refractivity contribution >= 4 is 23.3 Å². The Morgan fingerprint density at radius 1 is 1.15 bits per heavy atom. The number of rotatable bonds is 6. The maximum absolute atomic E-state index is 12.5. The number of methoxy groups -OCH3 is 2. The summed E-state index contributed by atoms with van der Waals surface area (Å²) < 4.78 is 9.65. The third-order valence-electron chi connectivity index (χ3n) is 3.88. The molecule has 8 nitrogen and oxygen atoms in total. The number of esters is 1. The van der Waals surface area contributed by atoms with E-state index in [2.05, 4.69) is 5.32 Å². The predicted molar refractivity (Wildman–Crippen MR) is 94.5 cm³/mol. The highest BCUT2D eigenvalue weighted by Gasteiger charge is 2.22. The van der Waals surface area contributed by atoms with Crippen molar-refractivity contribution in [3.8, 4) is 5.75 Å². The molecule has 0 fully saturated rings. The van der Waals surface area contributed by atoms with E-state index in [1.807, 2.05) is 0 Å². The Kier molecular flexibility index (Phi) is 5.90. The Hall–Kier alpha value is -3.42. The van der Waals surface area contributed by atoms with Crippen LogP contribution in [0.2, 0.25) is 0 Å². The molecule has 1 atom stereocenters. The first-order chi connectivity index (χ1) is 12.4. The molecular formula is C18H18N2O6. The first-order valence-corrected chi connectivity index (χ1v) is 7.69. The molecule has 8 heteroatoms. The van der Waals surface area contributed by atoms with Gasteiger partial charge in [-0.3, -0.25) is 14.9 Å². The van der Waals surface area contributed by atoms with Crippen LogP contribution in [0.15, 0.2) is 42.5 Å². The molecule has 1 unspecified atom stereocenters. The van der Waals surface area contributed by atoms with E-state index in [-0.39, 0.29) is 17.0 Å². The highest BCUT2D eigenvalue weighted by Crippen LogP contribution is 2.31. The van der Waals surface area contributed by atoms with E-state index in [0.29, 0.717) is 11.3 Å². The van der Waals surface area contributed by atoms with Gasteiger partial charge in [-0.1, -0.05) is 18.2 Å². The van der Waals surface area contributed by atoms with Crippen LogP contribution in [0.4, 0.5) is 11.4 Å². The minimum Gasteiger partial charge on any atom is -0.490 e. The van der Waals surface area contributed by atoms with Gasteiger partial charge in [-0.05, 0) is 30.7 Å². The third kappa shape index (κ3) is 3.97. The fourth-order valence-electron chi connectivity index (χ4n) is 2.39. The number of nitrogens with one attached hydrogen (secondary N) is 1. The largest absolute Gasteiger partial charge is 0.490 e. The molecule has 0 aliphatic rings. The molecule has 26 heavy (non-hydrogen) atoms. The van der Waals surface area contributed by atoms with E-state index in [1.54, 1.807) is 31.2 Å². The van der Waals surface area contributed by atoms with Gasteiger partial charge in [0.2, 0.25) is 5.91 Å². The first-order valence-electron chi connectivity index (χ1n) is 7.69. The molecule has 2 rings (SSSR count). The van der Waals surface area contributed by atoms with Crippen LogP contribution in [0.1, 0.15) is 28.8 Å². The maximum atomic E-state index is 12.5. The Labute approximate surface area is 149 Å². The first kappa shape index (κ1) is 18.9. The molecule has 2 aromatic rings. The number of nitrogens with zero attached hydrogens (tertiary/aromatic N) is 1. The summed E-state index contributed by atoms with van der Waals surface area (Å²) in [5, 5.41) is 13.8. The fourth-order valence-corrected chi connectivity index (χ4v) is 2.39. The van der Waals surface area contributed by atoms with Crippen LogP contribution in [0.3, 0.4) is 0 Å². The van der Waals surface area contributed by atoms with Crippen molar-refractivity contribution < 1.29 is 24.0 Å². The number of amides is 1. The smallest absolute Gasteiger partial charge is 0.339 e. The van der Waals surface area contributed by atoms with Gasteiger partial charge in [-0.15, -0.1) is 0 Å². The van der Waals surface area contributed by atoms with E-state index in [0.717, 1.165) is 0 Å². The molecule has 0 spiro atoms. The Bertz CT molecular complexity index is 849. The predicted octanol–water partition coefficient (Wildman–Crippen LogP) is 3.13. The molecule has 0 saturated heterocycles. The quantitative estimate of drug-likeness (QED) is 0.483. The summed E-state index contributed by atoms with van der Waals surface area (Å²) in [4.78, 5) is 34.9. The van der Waals surface area contributed by atoms with Gasteiger partial charge in [-0.25, -0.2) is 4.79 Å². The van der Waals surface area contributed by atoms with E-state index in [1.165, 1.54) is 32.4 Å². The zero-order chi connectivity index (χ0) is 19.3. The molecule has 0 saturated carbocycles. The molecule has 1 amide bonds. The normalized spacial score (nSPS) is 11.3. The van der Waals surface area contributed by atoms with Gasteiger partial charge in [0.15, 0.2) is 5.75 Å². The molecule has 2 aromatic carbocycles. The molecule has 0 heterocycles. The number of hydrogen-bond donors (Lipinski definition) is 1. The topological polar surface area (TPSA) is 108 Å². The third-order valence-corrected chi connectivity index (χ3v) is 3.88. The number of hydrogen-bond acceptors (Lipinski definition) is 6.